The summed E-state index contributed by atoms with van der Waals surface area (Å²) in [7, 11) is 2.05. The Hall–Kier alpha value is -1.13. The second kappa shape index (κ2) is 6.87. The molecular formula is C15H23N3S. The highest BCUT2D eigenvalue weighted by Crippen LogP contribution is 2.15. The SMILES string of the molecule is CCc1cc(CC(Cc2cccs2)NC)n(CC)n1. The highest BCUT2D eigenvalue weighted by molar-refractivity contribution is 7.09. The van der Waals surface area contributed by atoms with E-state index < -0.39 is 0 Å². The summed E-state index contributed by atoms with van der Waals surface area (Å²) < 4.78 is 2.14. The van der Waals surface area contributed by atoms with E-state index in [1.165, 1.54) is 16.3 Å². The van der Waals surface area contributed by atoms with Crippen molar-refractivity contribution in [2.45, 2.75) is 45.7 Å². The van der Waals surface area contributed by atoms with Crippen molar-refractivity contribution in [3.05, 3.63) is 39.8 Å². The summed E-state index contributed by atoms with van der Waals surface area (Å²) in [6, 6.07) is 7.06. The number of hydrogen-bond acceptors (Lipinski definition) is 3. The van der Waals surface area contributed by atoms with Gasteiger partial charge in [-0.25, -0.2) is 0 Å². The molecule has 0 radical (unpaired) electrons. The van der Waals surface area contributed by atoms with Crippen LogP contribution in [-0.2, 0) is 25.8 Å². The van der Waals surface area contributed by atoms with Gasteiger partial charge in [-0.3, -0.25) is 4.68 Å². The fourth-order valence-corrected chi connectivity index (χ4v) is 3.11. The van der Waals surface area contributed by atoms with Crippen LogP contribution in [0.15, 0.2) is 23.6 Å². The Balaban J connectivity index is 2.07. The lowest BCUT2D eigenvalue weighted by molar-refractivity contribution is 0.522. The van der Waals surface area contributed by atoms with Crippen molar-refractivity contribution in [2.24, 2.45) is 0 Å². The summed E-state index contributed by atoms with van der Waals surface area (Å²) in [5, 5.41) is 10.2. The van der Waals surface area contributed by atoms with Crippen LogP contribution in [0.1, 0.15) is 30.1 Å². The molecule has 1 N–H and O–H groups in total. The maximum Gasteiger partial charge on any atom is 0.0624 e. The molecule has 2 rings (SSSR count). The number of rotatable bonds is 7. The van der Waals surface area contributed by atoms with Crippen LogP contribution in [0.4, 0.5) is 0 Å². The number of aryl methyl sites for hydroxylation is 2. The third kappa shape index (κ3) is 3.67. The van der Waals surface area contributed by atoms with E-state index in [-0.39, 0.29) is 0 Å². The van der Waals surface area contributed by atoms with Crippen LogP contribution < -0.4 is 5.32 Å². The molecule has 0 aromatic carbocycles. The van der Waals surface area contributed by atoms with Crippen molar-refractivity contribution >= 4 is 11.3 Å². The van der Waals surface area contributed by atoms with Gasteiger partial charge >= 0.3 is 0 Å². The van der Waals surface area contributed by atoms with Crippen LogP contribution in [0.25, 0.3) is 0 Å². The average molecular weight is 277 g/mol. The summed E-state index contributed by atoms with van der Waals surface area (Å²) in [6.45, 7) is 5.27. The molecule has 0 fully saturated rings. The molecule has 104 valence electrons. The molecule has 0 bridgehead atoms. The van der Waals surface area contributed by atoms with Gasteiger partial charge in [0.1, 0.15) is 0 Å². The van der Waals surface area contributed by atoms with Crippen LogP contribution in [0, 0.1) is 0 Å². The smallest absolute Gasteiger partial charge is 0.0624 e. The molecule has 0 saturated heterocycles. The maximum atomic E-state index is 4.62. The molecule has 0 saturated carbocycles. The zero-order chi connectivity index (χ0) is 13.7. The molecule has 1 unspecified atom stereocenters. The first-order valence-electron chi connectivity index (χ1n) is 7.02. The minimum Gasteiger partial charge on any atom is -0.316 e. The first-order chi connectivity index (χ1) is 9.26. The first kappa shape index (κ1) is 14.3. The van der Waals surface area contributed by atoms with Gasteiger partial charge in [-0.1, -0.05) is 13.0 Å². The van der Waals surface area contributed by atoms with E-state index in [0.717, 1.165) is 25.8 Å². The summed E-state index contributed by atoms with van der Waals surface area (Å²) in [5.41, 5.74) is 2.54. The van der Waals surface area contributed by atoms with Gasteiger partial charge in [0.05, 0.1) is 5.69 Å². The Morgan fingerprint density at radius 1 is 1.37 bits per heavy atom. The average Bonchev–Trinajstić information content (AvgIpc) is 3.06. The van der Waals surface area contributed by atoms with Gasteiger partial charge in [-0.15, -0.1) is 11.3 Å². The van der Waals surface area contributed by atoms with Gasteiger partial charge in [0, 0.05) is 29.6 Å². The molecular weight excluding hydrogens is 254 g/mol. The zero-order valence-electron chi connectivity index (χ0n) is 12.0. The Morgan fingerprint density at radius 2 is 2.21 bits per heavy atom. The quantitative estimate of drug-likeness (QED) is 0.843. The molecule has 4 heteroatoms. The van der Waals surface area contributed by atoms with Crippen molar-refractivity contribution < 1.29 is 0 Å². The fourth-order valence-electron chi connectivity index (χ4n) is 2.33. The van der Waals surface area contributed by atoms with Gasteiger partial charge in [0.25, 0.3) is 0 Å². The fraction of sp³-hybridized carbons (Fsp3) is 0.533. The monoisotopic (exact) mass is 277 g/mol. The Bertz CT molecular complexity index is 487. The largest absolute Gasteiger partial charge is 0.316 e. The van der Waals surface area contributed by atoms with Crippen LogP contribution in [0.3, 0.4) is 0 Å². The minimum absolute atomic E-state index is 0.477. The lowest BCUT2D eigenvalue weighted by atomic mass is 10.1. The van der Waals surface area contributed by atoms with Gasteiger partial charge in [-0.05, 0) is 44.3 Å². The summed E-state index contributed by atoms with van der Waals surface area (Å²) in [5.74, 6) is 0. The number of aromatic nitrogens is 2. The van der Waals surface area contributed by atoms with Crippen molar-refractivity contribution in [2.75, 3.05) is 7.05 Å². The third-order valence-corrected chi connectivity index (χ3v) is 4.37. The molecule has 0 amide bonds. The molecule has 2 heterocycles. The summed E-state index contributed by atoms with van der Waals surface area (Å²) in [6.07, 6.45) is 3.13. The van der Waals surface area contributed by atoms with Crippen LogP contribution in [0.5, 0.6) is 0 Å². The number of nitrogens with one attached hydrogen (secondary N) is 1. The van der Waals surface area contributed by atoms with Gasteiger partial charge in [0.15, 0.2) is 0 Å². The van der Waals surface area contributed by atoms with Crippen LogP contribution in [0.2, 0.25) is 0 Å². The molecule has 2 aromatic heterocycles. The third-order valence-electron chi connectivity index (χ3n) is 3.47. The summed E-state index contributed by atoms with van der Waals surface area (Å²) >= 11 is 1.83. The Morgan fingerprint density at radius 3 is 2.79 bits per heavy atom. The predicted molar refractivity (Wildman–Crippen MR) is 81.9 cm³/mol. The lowest BCUT2D eigenvalue weighted by Gasteiger charge is -2.15. The number of hydrogen-bond donors (Lipinski definition) is 1. The van der Waals surface area contributed by atoms with Crippen LogP contribution >= 0.6 is 11.3 Å². The summed E-state index contributed by atoms with van der Waals surface area (Å²) in [4.78, 5) is 1.44. The first-order valence-corrected chi connectivity index (χ1v) is 7.90. The van der Waals surface area contributed by atoms with E-state index in [0.29, 0.717) is 6.04 Å². The Labute approximate surface area is 119 Å². The molecule has 0 aliphatic rings. The van der Waals surface area contributed by atoms with E-state index in [9.17, 15) is 0 Å². The Kier molecular flexibility index (Phi) is 5.16. The number of likely N-dealkylation sites (N-methyl/N-ethyl adjacent to an activating group) is 1. The molecule has 0 aliphatic heterocycles. The number of nitrogens with zero attached hydrogens (tertiary/aromatic N) is 2. The lowest BCUT2D eigenvalue weighted by Crippen LogP contribution is -2.30. The second-order valence-corrected chi connectivity index (χ2v) is 5.80. The predicted octanol–water partition coefficient (Wildman–Crippen LogP) is 2.90. The van der Waals surface area contributed by atoms with E-state index in [1.54, 1.807) is 0 Å². The van der Waals surface area contributed by atoms with Gasteiger partial charge < -0.3 is 5.32 Å². The van der Waals surface area contributed by atoms with E-state index >= 15 is 0 Å². The molecule has 19 heavy (non-hydrogen) atoms. The van der Waals surface area contributed by atoms with Crippen molar-refractivity contribution in [3.63, 3.8) is 0 Å². The maximum absolute atomic E-state index is 4.62. The van der Waals surface area contributed by atoms with Gasteiger partial charge in [-0.2, -0.15) is 5.10 Å². The van der Waals surface area contributed by atoms with E-state index in [2.05, 4.69) is 52.5 Å². The van der Waals surface area contributed by atoms with Crippen molar-refractivity contribution in [1.82, 2.24) is 15.1 Å². The van der Waals surface area contributed by atoms with E-state index in [1.807, 2.05) is 18.4 Å². The van der Waals surface area contributed by atoms with Crippen molar-refractivity contribution in [1.29, 1.82) is 0 Å². The number of thiophene rings is 1. The van der Waals surface area contributed by atoms with Crippen molar-refractivity contribution in [3.8, 4) is 0 Å². The normalized spacial score (nSPS) is 12.8. The topological polar surface area (TPSA) is 29.9 Å². The highest BCUT2D eigenvalue weighted by Gasteiger charge is 2.13. The molecule has 3 nitrogen and oxygen atoms in total. The highest BCUT2D eigenvalue weighted by atomic mass is 32.1. The second-order valence-electron chi connectivity index (χ2n) is 4.77. The standard InChI is InChI=1S/C15H23N3S/c1-4-12-9-14(18(5-2)17-12)10-13(16-3)11-15-7-6-8-19-15/h6-9,13,16H,4-5,10-11H2,1-3H3. The molecule has 1 atom stereocenters. The molecule has 0 aliphatic carbocycles. The zero-order valence-corrected chi connectivity index (χ0v) is 12.8. The van der Waals surface area contributed by atoms with E-state index in [4.69, 9.17) is 0 Å². The molecule has 2 aromatic rings. The molecule has 0 spiro atoms. The minimum atomic E-state index is 0.477. The van der Waals surface area contributed by atoms with Gasteiger partial charge in [0.2, 0.25) is 0 Å². The van der Waals surface area contributed by atoms with Crippen LogP contribution in [-0.4, -0.2) is 22.9 Å².